The summed E-state index contributed by atoms with van der Waals surface area (Å²) in [6.07, 6.45) is 4.22. The van der Waals surface area contributed by atoms with Crippen LogP contribution >= 0.6 is 0 Å². The predicted octanol–water partition coefficient (Wildman–Crippen LogP) is 2.59. The molecule has 112 valence electrons. The molecular formula is C16H17N5O. The third-order valence-corrected chi connectivity index (χ3v) is 3.84. The van der Waals surface area contributed by atoms with Crippen molar-refractivity contribution in [3.05, 3.63) is 42.1 Å². The van der Waals surface area contributed by atoms with Crippen LogP contribution in [0.4, 0.5) is 11.5 Å². The highest BCUT2D eigenvalue weighted by molar-refractivity contribution is 5.98. The van der Waals surface area contributed by atoms with Gasteiger partial charge in [-0.25, -0.2) is 0 Å². The molecule has 0 radical (unpaired) electrons. The summed E-state index contributed by atoms with van der Waals surface area (Å²) in [5.74, 6) is 0.364. The summed E-state index contributed by atoms with van der Waals surface area (Å²) < 4.78 is 1.71. The number of hydrogen-bond donors (Lipinski definition) is 2. The molecule has 1 aromatic carbocycles. The summed E-state index contributed by atoms with van der Waals surface area (Å²) in [6.45, 7) is 0. The molecule has 1 saturated carbocycles. The fraction of sp³-hybridized carbons (Fsp3) is 0.312. The molecule has 1 atom stereocenters. The summed E-state index contributed by atoms with van der Waals surface area (Å²) in [6, 6.07) is 11.7. The Kier molecular flexibility index (Phi) is 3.79. The number of rotatable bonds is 6. The lowest BCUT2D eigenvalue weighted by molar-refractivity contribution is 0.100. The van der Waals surface area contributed by atoms with Gasteiger partial charge in [-0.3, -0.25) is 9.48 Å². The second kappa shape index (κ2) is 5.90. The standard InChI is InChI=1S/C16H17N5O/c17-9-8-14(11-6-7-11)21-10-13(15(18)22)16(20-21)19-12-4-2-1-3-5-12/h1-5,10-11,14H,6-8H2,(H2,18,22)(H,19,20). The number of nitrogens with zero attached hydrogens (tertiary/aromatic N) is 3. The lowest BCUT2D eigenvalue weighted by Gasteiger charge is -2.12. The Morgan fingerprint density at radius 2 is 2.18 bits per heavy atom. The minimum Gasteiger partial charge on any atom is -0.365 e. The summed E-state index contributed by atoms with van der Waals surface area (Å²) in [5.41, 5.74) is 6.62. The van der Waals surface area contributed by atoms with E-state index in [9.17, 15) is 4.79 Å². The maximum atomic E-state index is 11.7. The number of carbonyl (C=O) groups excluding carboxylic acids is 1. The van der Waals surface area contributed by atoms with E-state index in [0.717, 1.165) is 18.5 Å². The molecule has 0 aliphatic heterocycles. The third kappa shape index (κ3) is 2.93. The topological polar surface area (TPSA) is 96.7 Å². The maximum absolute atomic E-state index is 11.7. The number of para-hydroxylation sites is 1. The number of carbonyl (C=O) groups is 1. The van der Waals surface area contributed by atoms with E-state index in [1.54, 1.807) is 10.9 Å². The number of hydrogen-bond acceptors (Lipinski definition) is 4. The Hall–Kier alpha value is -2.81. The molecule has 22 heavy (non-hydrogen) atoms. The molecular weight excluding hydrogens is 278 g/mol. The third-order valence-electron chi connectivity index (χ3n) is 3.84. The molecule has 0 bridgehead atoms. The monoisotopic (exact) mass is 295 g/mol. The SMILES string of the molecule is N#CCC(C1CC1)n1cc(C(N)=O)c(Nc2ccccc2)n1. The van der Waals surface area contributed by atoms with Gasteiger partial charge in [0.15, 0.2) is 5.82 Å². The first-order chi connectivity index (χ1) is 10.7. The second-order valence-corrected chi connectivity index (χ2v) is 5.49. The molecule has 2 aromatic rings. The Morgan fingerprint density at radius 1 is 1.45 bits per heavy atom. The van der Waals surface area contributed by atoms with Crippen molar-refractivity contribution in [2.45, 2.75) is 25.3 Å². The molecule has 1 amide bonds. The first-order valence-electron chi connectivity index (χ1n) is 7.27. The van der Waals surface area contributed by atoms with Crippen LogP contribution in [-0.2, 0) is 0 Å². The number of benzene rings is 1. The summed E-state index contributed by atoms with van der Waals surface area (Å²) in [4.78, 5) is 11.7. The summed E-state index contributed by atoms with van der Waals surface area (Å²) in [5, 5.41) is 16.6. The normalized spacial score (nSPS) is 15.0. The highest BCUT2D eigenvalue weighted by atomic mass is 16.1. The molecule has 3 N–H and O–H groups in total. The maximum Gasteiger partial charge on any atom is 0.254 e. The zero-order valence-corrected chi connectivity index (χ0v) is 12.1. The Bertz CT molecular complexity index is 712. The van der Waals surface area contributed by atoms with E-state index in [-0.39, 0.29) is 6.04 Å². The van der Waals surface area contributed by atoms with E-state index in [0.29, 0.717) is 23.7 Å². The van der Waals surface area contributed by atoms with Gasteiger partial charge in [0, 0.05) is 11.9 Å². The summed E-state index contributed by atoms with van der Waals surface area (Å²) in [7, 11) is 0. The van der Waals surface area contributed by atoms with Gasteiger partial charge in [-0.2, -0.15) is 10.4 Å². The van der Waals surface area contributed by atoms with Crippen LogP contribution in [0.3, 0.4) is 0 Å². The van der Waals surface area contributed by atoms with Gasteiger partial charge in [0.2, 0.25) is 0 Å². The fourth-order valence-corrected chi connectivity index (χ4v) is 2.54. The first-order valence-corrected chi connectivity index (χ1v) is 7.27. The van der Waals surface area contributed by atoms with E-state index < -0.39 is 5.91 Å². The molecule has 1 aliphatic rings. The average Bonchev–Trinajstić information content (AvgIpc) is 3.26. The number of aromatic nitrogens is 2. The van der Waals surface area contributed by atoms with Crippen LogP contribution in [0, 0.1) is 17.2 Å². The van der Waals surface area contributed by atoms with E-state index in [2.05, 4.69) is 16.5 Å². The minimum atomic E-state index is -0.531. The number of primary amides is 1. The van der Waals surface area contributed by atoms with Crippen molar-refractivity contribution < 1.29 is 4.79 Å². The van der Waals surface area contributed by atoms with Gasteiger partial charge >= 0.3 is 0 Å². The van der Waals surface area contributed by atoms with Crippen LogP contribution in [0.25, 0.3) is 0 Å². The van der Waals surface area contributed by atoms with Crippen LogP contribution in [-0.4, -0.2) is 15.7 Å². The van der Waals surface area contributed by atoms with E-state index in [4.69, 9.17) is 11.0 Å². The number of amides is 1. The van der Waals surface area contributed by atoms with Crippen molar-refractivity contribution >= 4 is 17.4 Å². The van der Waals surface area contributed by atoms with Crippen molar-refractivity contribution in [1.82, 2.24) is 9.78 Å². The van der Waals surface area contributed by atoms with Crippen LogP contribution in [0.1, 0.15) is 35.7 Å². The Morgan fingerprint density at radius 3 is 2.77 bits per heavy atom. The Labute approximate surface area is 128 Å². The fourth-order valence-electron chi connectivity index (χ4n) is 2.54. The molecule has 0 spiro atoms. The minimum absolute atomic E-state index is 0.00873. The second-order valence-electron chi connectivity index (χ2n) is 5.49. The molecule has 6 nitrogen and oxygen atoms in total. The molecule has 1 fully saturated rings. The largest absolute Gasteiger partial charge is 0.365 e. The first kappa shape index (κ1) is 14.1. The van der Waals surface area contributed by atoms with Gasteiger partial charge in [-0.05, 0) is 30.9 Å². The highest BCUT2D eigenvalue weighted by Crippen LogP contribution is 2.41. The molecule has 3 rings (SSSR count). The van der Waals surface area contributed by atoms with E-state index in [1.165, 1.54) is 0 Å². The van der Waals surface area contributed by atoms with Gasteiger partial charge in [0.25, 0.3) is 5.91 Å². The van der Waals surface area contributed by atoms with Gasteiger partial charge in [-0.1, -0.05) is 18.2 Å². The number of nitriles is 1. The number of nitrogens with two attached hydrogens (primary N) is 1. The van der Waals surface area contributed by atoms with E-state index in [1.807, 2.05) is 30.3 Å². The average molecular weight is 295 g/mol. The molecule has 1 aliphatic carbocycles. The predicted molar refractivity (Wildman–Crippen MR) is 82.5 cm³/mol. The molecule has 1 unspecified atom stereocenters. The number of anilines is 2. The smallest absolute Gasteiger partial charge is 0.254 e. The van der Waals surface area contributed by atoms with E-state index >= 15 is 0 Å². The lowest BCUT2D eigenvalue weighted by atomic mass is 10.1. The summed E-state index contributed by atoms with van der Waals surface area (Å²) >= 11 is 0. The van der Waals surface area contributed by atoms with Gasteiger partial charge < -0.3 is 11.1 Å². The highest BCUT2D eigenvalue weighted by Gasteiger charge is 2.33. The molecule has 0 saturated heterocycles. The van der Waals surface area contributed by atoms with Crippen molar-refractivity contribution in [3.63, 3.8) is 0 Å². The zero-order valence-electron chi connectivity index (χ0n) is 12.1. The quantitative estimate of drug-likeness (QED) is 0.856. The van der Waals surface area contributed by atoms with Crippen LogP contribution in [0.5, 0.6) is 0 Å². The van der Waals surface area contributed by atoms with Crippen LogP contribution in [0.15, 0.2) is 36.5 Å². The van der Waals surface area contributed by atoms with Gasteiger partial charge in [0.1, 0.15) is 5.56 Å². The zero-order chi connectivity index (χ0) is 15.5. The Balaban J connectivity index is 1.92. The lowest BCUT2D eigenvalue weighted by Crippen LogP contribution is -2.12. The number of nitrogens with one attached hydrogen (secondary N) is 1. The molecule has 1 heterocycles. The molecule has 6 heteroatoms. The molecule has 1 aromatic heterocycles. The van der Waals surface area contributed by atoms with Crippen molar-refractivity contribution in [1.29, 1.82) is 5.26 Å². The van der Waals surface area contributed by atoms with Gasteiger partial charge in [-0.15, -0.1) is 0 Å². The van der Waals surface area contributed by atoms with Crippen molar-refractivity contribution in [3.8, 4) is 6.07 Å². The van der Waals surface area contributed by atoms with Crippen molar-refractivity contribution in [2.24, 2.45) is 11.7 Å². The van der Waals surface area contributed by atoms with Gasteiger partial charge in [0.05, 0.1) is 18.5 Å². The van der Waals surface area contributed by atoms with Crippen LogP contribution in [0.2, 0.25) is 0 Å². The van der Waals surface area contributed by atoms with Crippen molar-refractivity contribution in [2.75, 3.05) is 5.32 Å². The van der Waals surface area contributed by atoms with Crippen LogP contribution < -0.4 is 11.1 Å².